The third-order valence-corrected chi connectivity index (χ3v) is 7.15. The zero-order valence-corrected chi connectivity index (χ0v) is 15.0. The summed E-state index contributed by atoms with van der Waals surface area (Å²) in [7, 11) is 0. The average Bonchev–Trinajstić information content (AvgIpc) is 2.78. The second-order valence-electron chi connectivity index (χ2n) is 7.86. The maximum Gasteiger partial charge on any atom is 0.115 e. The van der Waals surface area contributed by atoms with E-state index in [0.29, 0.717) is 29.4 Å². The van der Waals surface area contributed by atoms with Gasteiger partial charge >= 0.3 is 0 Å². The number of benzene rings is 1. The van der Waals surface area contributed by atoms with Crippen molar-refractivity contribution in [1.82, 2.24) is 0 Å². The zero-order valence-electron chi connectivity index (χ0n) is 13.4. The van der Waals surface area contributed by atoms with Crippen LogP contribution in [0.25, 0.3) is 0 Å². The van der Waals surface area contributed by atoms with Gasteiger partial charge in [-0.15, -0.1) is 0 Å². The predicted octanol–water partition coefficient (Wildman–Crippen LogP) is 4.19. The summed E-state index contributed by atoms with van der Waals surface area (Å²) in [6, 6.07) is 5.90. The molecule has 2 N–H and O–H groups in total. The number of rotatable bonds is 0. The molecule has 0 aliphatic heterocycles. The summed E-state index contributed by atoms with van der Waals surface area (Å²) in [5.41, 5.74) is 2.75. The molecule has 2 fully saturated rings. The molecule has 0 spiro atoms. The van der Waals surface area contributed by atoms with E-state index in [1.165, 1.54) is 11.1 Å². The van der Waals surface area contributed by atoms with Gasteiger partial charge in [0, 0.05) is 21.8 Å². The summed E-state index contributed by atoms with van der Waals surface area (Å²) >= 11 is 3.26. The van der Waals surface area contributed by atoms with Gasteiger partial charge in [0.25, 0.3) is 0 Å². The maximum absolute atomic E-state index is 10.7. The van der Waals surface area contributed by atoms with Gasteiger partial charge in [-0.1, -0.05) is 18.9 Å². The van der Waals surface area contributed by atoms with Gasteiger partial charge in [-0.25, -0.2) is 0 Å². The minimum Gasteiger partial charge on any atom is -0.508 e. The molecule has 0 saturated heterocycles. The Morgan fingerprint density at radius 2 is 2.13 bits per heavy atom. The van der Waals surface area contributed by atoms with Crippen LogP contribution in [0, 0.1) is 33.9 Å². The molecule has 1 aromatic rings. The summed E-state index contributed by atoms with van der Waals surface area (Å²) in [5, 5.41) is 20.5. The largest absolute Gasteiger partial charge is 0.508 e. The highest BCUT2D eigenvalue weighted by Gasteiger charge is 2.58. The Bertz CT molecular complexity index is 689. The molecule has 2 unspecified atom stereocenters. The number of phenols is 1. The molecule has 3 heteroatoms. The van der Waals surface area contributed by atoms with Crippen LogP contribution in [0.4, 0.5) is 0 Å². The standard InChI is InChI=1S/C20H23BrO2/c1-20-8-6-16-15-5-3-14(22)10-12(15)2-4-17(16)19(20)13(7-9-21)11-18(20)23/h3,5,10,13,16-19,22-23H,2,4,6,8,11H2,1H3/t13?,16-,17-,18?,19+,20-/m1/s1. The van der Waals surface area contributed by atoms with Crippen LogP contribution < -0.4 is 0 Å². The van der Waals surface area contributed by atoms with Gasteiger partial charge in [0.2, 0.25) is 0 Å². The zero-order chi connectivity index (χ0) is 16.2. The lowest BCUT2D eigenvalue weighted by Crippen LogP contribution is -2.45. The maximum atomic E-state index is 10.7. The van der Waals surface area contributed by atoms with E-state index in [2.05, 4.69) is 39.7 Å². The smallest absolute Gasteiger partial charge is 0.115 e. The van der Waals surface area contributed by atoms with E-state index in [1.807, 2.05) is 12.1 Å². The highest BCUT2D eigenvalue weighted by atomic mass is 79.9. The van der Waals surface area contributed by atoms with Crippen LogP contribution in [-0.2, 0) is 6.42 Å². The number of hydrogen-bond acceptors (Lipinski definition) is 2. The van der Waals surface area contributed by atoms with Crippen molar-refractivity contribution in [1.29, 1.82) is 0 Å². The van der Waals surface area contributed by atoms with Crippen LogP contribution in [0.1, 0.15) is 49.7 Å². The number of hydrogen-bond donors (Lipinski definition) is 2. The monoisotopic (exact) mass is 374 g/mol. The van der Waals surface area contributed by atoms with Crippen molar-refractivity contribution in [3.8, 4) is 16.5 Å². The van der Waals surface area contributed by atoms with Crippen molar-refractivity contribution < 1.29 is 10.2 Å². The summed E-state index contributed by atoms with van der Waals surface area (Å²) in [4.78, 5) is 2.92. The minimum atomic E-state index is -0.229. The van der Waals surface area contributed by atoms with Gasteiger partial charge in [0.05, 0.1) is 6.10 Å². The van der Waals surface area contributed by atoms with E-state index in [9.17, 15) is 10.2 Å². The van der Waals surface area contributed by atoms with Gasteiger partial charge < -0.3 is 10.2 Å². The first-order valence-electron chi connectivity index (χ1n) is 8.65. The number of aliphatic hydroxyl groups excluding tert-OH is 1. The average molecular weight is 375 g/mol. The summed E-state index contributed by atoms with van der Waals surface area (Å²) in [6.45, 7) is 2.28. The SMILES string of the molecule is C[C@]12CC[C@@H]3c4ccc(O)cc4CC[C@H]3[C@@H]1C(C#CBr)CC2O. The summed E-state index contributed by atoms with van der Waals surface area (Å²) in [5.74, 6) is 5.63. The molecule has 3 aliphatic carbocycles. The van der Waals surface area contributed by atoms with Gasteiger partial charge in [-0.05, 0) is 83.4 Å². The Balaban J connectivity index is 1.74. The molecule has 0 heterocycles. The molecule has 0 amide bonds. The van der Waals surface area contributed by atoms with Crippen LogP contribution in [0.5, 0.6) is 5.75 Å². The third kappa shape index (κ3) is 2.26. The Labute approximate surface area is 146 Å². The molecule has 0 radical (unpaired) electrons. The van der Waals surface area contributed by atoms with Crippen molar-refractivity contribution in [2.75, 3.05) is 0 Å². The second-order valence-corrected chi connectivity index (χ2v) is 8.26. The molecule has 0 aromatic heterocycles. The van der Waals surface area contributed by atoms with Crippen molar-refractivity contribution >= 4 is 15.9 Å². The third-order valence-electron chi connectivity index (χ3n) is 6.92. The van der Waals surface area contributed by atoms with Crippen LogP contribution in [0.15, 0.2) is 18.2 Å². The first-order valence-corrected chi connectivity index (χ1v) is 9.45. The van der Waals surface area contributed by atoms with E-state index in [-0.39, 0.29) is 11.5 Å². The highest BCUT2D eigenvalue weighted by Crippen LogP contribution is 2.62. The summed E-state index contributed by atoms with van der Waals surface area (Å²) in [6.07, 6.45) is 4.97. The first-order chi connectivity index (χ1) is 11.0. The molecule has 6 atom stereocenters. The molecule has 2 nitrogen and oxygen atoms in total. The molecule has 0 bridgehead atoms. The van der Waals surface area contributed by atoms with Crippen molar-refractivity contribution in [2.24, 2.45) is 23.2 Å². The van der Waals surface area contributed by atoms with Gasteiger partial charge in [0.1, 0.15) is 5.75 Å². The number of aliphatic hydroxyl groups is 1. The van der Waals surface area contributed by atoms with Gasteiger partial charge in [0.15, 0.2) is 0 Å². The van der Waals surface area contributed by atoms with E-state index in [0.717, 1.165) is 32.1 Å². The predicted molar refractivity (Wildman–Crippen MR) is 94.3 cm³/mol. The first kappa shape index (κ1) is 15.5. The van der Waals surface area contributed by atoms with E-state index in [1.54, 1.807) is 0 Å². The van der Waals surface area contributed by atoms with E-state index in [4.69, 9.17) is 0 Å². The Hall–Kier alpha value is -0.980. The van der Waals surface area contributed by atoms with Crippen LogP contribution in [-0.4, -0.2) is 16.3 Å². The quantitative estimate of drug-likeness (QED) is 0.668. The minimum absolute atomic E-state index is 0.0110. The summed E-state index contributed by atoms with van der Waals surface area (Å²) < 4.78 is 0. The molecule has 122 valence electrons. The normalized spacial score (nSPS) is 41.3. The van der Waals surface area contributed by atoms with Crippen LogP contribution >= 0.6 is 15.9 Å². The topological polar surface area (TPSA) is 40.5 Å². The molecule has 23 heavy (non-hydrogen) atoms. The van der Waals surface area contributed by atoms with Crippen molar-refractivity contribution in [2.45, 2.75) is 51.0 Å². The van der Waals surface area contributed by atoms with Crippen LogP contribution in [0.2, 0.25) is 0 Å². The van der Waals surface area contributed by atoms with Gasteiger partial charge in [-0.3, -0.25) is 0 Å². The molecule has 4 rings (SSSR count). The number of aryl methyl sites for hydroxylation is 1. The van der Waals surface area contributed by atoms with Crippen LogP contribution in [0.3, 0.4) is 0 Å². The van der Waals surface area contributed by atoms with Crippen molar-refractivity contribution in [3.63, 3.8) is 0 Å². The fraction of sp³-hybridized carbons (Fsp3) is 0.600. The lowest BCUT2D eigenvalue weighted by molar-refractivity contribution is -0.0264. The van der Waals surface area contributed by atoms with E-state index < -0.39 is 0 Å². The Morgan fingerprint density at radius 3 is 2.91 bits per heavy atom. The highest BCUT2D eigenvalue weighted by molar-refractivity contribution is 9.12. The number of halogens is 1. The fourth-order valence-corrected chi connectivity index (χ4v) is 6.16. The fourth-order valence-electron chi connectivity index (χ4n) is 5.87. The molecule has 1 aromatic carbocycles. The molecule has 3 aliphatic rings. The van der Waals surface area contributed by atoms with Crippen molar-refractivity contribution in [3.05, 3.63) is 29.3 Å². The van der Waals surface area contributed by atoms with E-state index >= 15 is 0 Å². The lowest BCUT2D eigenvalue weighted by atomic mass is 9.54. The second kappa shape index (κ2) is 5.53. The molecular weight excluding hydrogens is 352 g/mol. The Morgan fingerprint density at radius 1 is 1.30 bits per heavy atom. The number of aromatic hydroxyl groups is 1. The molecule has 2 saturated carbocycles. The van der Waals surface area contributed by atoms with Gasteiger partial charge in [-0.2, -0.15) is 0 Å². The number of phenolic OH excluding ortho intramolecular Hbond substituents is 1. The number of fused-ring (bicyclic) bond motifs is 5. The Kier molecular flexibility index (Phi) is 3.74. The molecular formula is C20H23BrO2. The lowest BCUT2D eigenvalue weighted by Gasteiger charge is -2.50.